The number of ether oxygens (including phenoxy) is 1. The van der Waals surface area contributed by atoms with Crippen LogP contribution in [-0.4, -0.2) is 12.7 Å². The molecule has 0 saturated carbocycles. The Kier molecular flexibility index (Phi) is 2.29. The predicted molar refractivity (Wildman–Crippen MR) is 49.2 cm³/mol. The standard InChI is InChI=1S/C11H11NO/c12-7-10(6-11-8-13-11)9-4-2-1-3-5-9/h1-5,10-11H,6,8H2/t10-,11+/m1/s1. The zero-order valence-corrected chi connectivity index (χ0v) is 7.31. The highest BCUT2D eigenvalue weighted by molar-refractivity contribution is 5.24. The zero-order valence-electron chi connectivity index (χ0n) is 7.31. The minimum atomic E-state index is -0.00583. The summed E-state index contributed by atoms with van der Waals surface area (Å²) in [6.07, 6.45) is 1.16. The maximum atomic E-state index is 8.95. The molecule has 0 bridgehead atoms. The smallest absolute Gasteiger partial charge is 0.0825 e. The average Bonchev–Trinajstić information content (AvgIpc) is 2.99. The van der Waals surface area contributed by atoms with Gasteiger partial charge in [-0.3, -0.25) is 0 Å². The van der Waals surface area contributed by atoms with E-state index in [0.717, 1.165) is 18.6 Å². The molecule has 1 fully saturated rings. The molecule has 1 aromatic carbocycles. The summed E-state index contributed by atoms with van der Waals surface area (Å²) in [4.78, 5) is 0. The van der Waals surface area contributed by atoms with Crippen LogP contribution in [0.1, 0.15) is 17.9 Å². The Bertz CT molecular complexity index is 311. The highest BCUT2D eigenvalue weighted by Gasteiger charge is 2.27. The van der Waals surface area contributed by atoms with E-state index < -0.39 is 0 Å². The molecule has 1 saturated heterocycles. The average molecular weight is 173 g/mol. The second-order valence-corrected chi connectivity index (χ2v) is 3.28. The summed E-state index contributed by atoms with van der Waals surface area (Å²) in [5.74, 6) is -0.00583. The number of rotatable bonds is 3. The highest BCUT2D eigenvalue weighted by atomic mass is 16.6. The van der Waals surface area contributed by atoms with E-state index in [2.05, 4.69) is 6.07 Å². The first kappa shape index (κ1) is 8.28. The predicted octanol–water partition coefficient (Wildman–Crippen LogP) is 2.08. The molecule has 13 heavy (non-hydrogen) atoms. The van der Waals surface area contributed by atoms with Crippen molar-refractivity contribution in [3.05, 3.63) is 35.9 Å². The van der Waals surface area contributed by atoms with Crippen molar-refractivity contribution in [3.8, 4) is 6.07 Å². The van der Waals surface area contributed by atoms with Crippen LogP contribution in [0.4, 0.5) is 0 Å². The summed E-state index contributed by atoms with van der Waals surface area (Å²) in [6.45, 7) is 0.824. The maximum absolute atomic E-state index is 8.95. The lowest BCUT2D eigenvalue weighted by Crippen LogP contribution is -1.99. The number of nitriles is 1. The Balaban J connectivity index is 2.08. The lowest BCUT2D eigenvalue weighted by molar-refractivity contribution is 0.391. The fourth-order valence-electron chi connectivity index (χ4n) is 1.42. The molecule has 0 unspecified atom stereocenters. The molecule has 0 aliphatic carbocycles. The van der Waals surface area contributed by atoms with Crippen molar-refractivity contribution in [3.63, 3.8) is 0 Å². The number of nitrogens with zero attached hydrogens (tertiary/aromatic N) is 1. The maximum Gasteiger partial charge on any atom is 0.0825 e. The van der Waals surface area contributed by atoms with E-state index in [9.17, 15) is 0 Å². The molecule has 2 nitrogen and oxygen atoms in total. The van der Waals surface area contributed by atoms with Gasteiger partial charge >= 0.3 is 0 Å². The molecular weight excluding hydrogens is 162 g/mol. The molecule has 2 rings (SSSR count). The van der Waals surface area contributed by atoms with E-state index in [4.69, 9.17) is 10.00 Å². The summed E-state index contributed by atoms with van der Waals surface area (Å²) in [5.41, 5.74) is 1.10. The van der Waals surface area contributed by atoms with Crippen molar-refractivity contribution in [2.45, 2.75) is 18.4 Å². The summed E-state index contributed by atoms with van der Waals surface area (Å²) in [7, 11) is 0. The van der Waals surface area contributed by atoms with Crippen molar-refractivity contribution >= 4 is 0 Å². The van der Waals surface area contributed by atoms with Gasteiger partial charge in [-0.2, -0.15) is 5.26 Å². The van der Waals surface area contributed by atoms with Gasteiger partial charge in [0.05, 0.1) is 24.7 Å². The van der Waals surface area contributed by atoms with Gasteiger partial charge in [0, 0.05) is 0 Å². The minimum Gasteiger partial charge on any atom is -0.373 e. The topological polar surface area (TPSA) is 36.3 Å². The molecule has 0 aromatic heterocycles. The monoisotopic (exact) mass is 173 g/mol. The van der Waals surface area contributed by atoms with Gasteiger partial charge in [0.1, 0.15) is 0 Å². The van der Waals surface area contributed by atoms with Crippen LogP contribution in [0.2, 0.25) is 0 Å². The van der Waals surface area contributed by atoms with E-state index in [1.807, 2.05) is 30.3 Å². The normalized spacial score (nSPS) is 21.9. The summed E-state index contributed by atoms with van der Waals surface area (Å²) in [6, 6.07) is 12.2. The fraction of sp³-hybridized carbons (Fsp3) is 0.364. The molecule has 1 heterocycles. The van der Waals surface area contributed by atoms with Gasteiger partial charge in [-0.1, -0.05) is 30.3 Å². The highest BCUT2D eigenvalue weighted by Crippen LogP contribution is 2.26. The molecule has 0 radical (unpaired) electrons. The Hall–Kier alpha value is -1.33. The molecule has 2 heteroatoms. The molecule has 0 spiro atoms. The molecule has 1 aromatic rings. The summed E-state index contributed by atoms with van der Waals surface area (Å²) in [5, 5.41) is 8.95. The van der Waals surface area contributed by atoms with E-state index in [1.165, 1.54) is 0 Å². The Labute approximate surface area is 77.8 Å². The lowest BCUT2D eigenvalue weighted by atomic mass is 9.96. The van der Waals surface area contributed by atoms with Gasteiger partial charge in [0.25, 0.3) is 0 Å². The minimum absolute atomic E-state index is 0.00583. The van der Waals surface area contributed by atoms with Crippen molar-refractivity contribution < 1.29 is 4.74 Å². The first-order valence-corrected chi connectivity index (χ1v) is 4.46. The largest absolute Gasteiger partial charge is 0.373 e. The summed E-state index contributed by atoms with van der Waals surface area (Å²) >= 11 is 0. The van der Waals surface area contributed by atoms with E-state index in [1.54, 1.807) is 0 Å². The van der Waals surface area contributed by atoms with Gasteiger partial charge in [-0.05, 0) is 12.0 Å². The van der Waals surface area contributed by atoms with Crippen molar-refractivity contribution in [1.29, 1.82) is 5.26 Å². The van der Waals surface area contributed by atoms with Crippen LogP contribution >= 0.6 is 0 Å². The first-order chi connectivity index (χ1) is 6.40. The molecular formula is C11H11NO. The number of epoxide rings is 1. The molecule has 2 atom stereocenters. The number of hydrogen-bond acceptors (Lipinski definition) is 2. The Morgan fingerprint density at radius 1 is 1.46 bits per heavy atom. The molecule has 0 amide bonds. The van der Waals surface area contributed by atoms with Crippen LogP contribution in [0.15, 0.2) is 30.3 Å². The van der Waals surface area contributed by atoms with Gasteiger partial charge in [-0.15, -0.1) is 0 Å². The van der Waals surface area contributed by atoms with Gasteiger partial charge in [-0.25, -0.2) is 0 Å². The van der Waals surface area contributed by atoms with E-state index in [-0.39, 0.29) is 5.92 Å². The third kappa shape index (κ3) is 2.07. The van der Waals surface area contributed by atoms with Crippen LogP contribution in [0.3, 0.4) is 0 Å². The van der Waals surface area contributed by atoms with E-state index >= 15 is 0 Å². The first-order valence-electron chi connectivity index (χ1n) is 4.46. The van der Waals surface area contributed by atoms with Crippen LogP contribution in [0, 0.1) is 11.3 Å². The second kappa shape index (κ2) is 3.59. The number of benzene rings is 1. The van der Waals surface area contributed by atoms with Crippen LogP contribution in [0.5, 0.6) is 0 Å². The Morgan fingerprint density at radius 2 is 2.15 bits per heavy atom. The zero-order chi connectivity index (χ0) is 9.10. The molecule has 0 N–H and O–H groups in total. The fourth-order valence-corrected chi connectivity index (χ4v) is 1.42. The van der Waals surface area contributed by atoms with E-state index in [0.29, 0.717) is 6.10 Å². The van der Waals surface area contributed by atoms with Crippen LogP contribution in [0.25, 0.3) is 0 Å². The second-order valence-electron chi connectivity index (χ2n) is 3.28. The van der Waals surface area contributed by atoms with Gasteiger partial charge < -0.3 is 4.74 Å². The lowest BCUT2D eigenvalue weighted by Gasteiger charge is -2.06. The van der Waals surface area contributed by atoms with Crippen LogP contribution in [-0.2, 0) is 4.74 Å². The third-order valence-electron chi connectivity index (χ3n) is 2.26. The van der Waals surface area contributed by atoms with Crippen molar-refractivity contribution in [1.82, 2.24) is 0 Å². The van der Waals surface area contributed by atoms with Gasteiger partial charge in [0.2, 0.25) is 0 Å². The van der Waals surface area contributed by atoms with Crippen LogP contribution < -0.4 is 0 Å². The Morgan fingerprint density at radius 3 is 2.69 bits per heavy atom. The molecule has 66 valence electrons. The molecule has 1 aliphatic rings. The summed E-state index contributed by atoms with van der Waals surface area (Å²) < 4.78 is 5.11. The number of hydrogen-bond donors (Lipinski definition) is 0. The van der Waals surface area contributed by atoms with Crippen molar-refractivity contribution in [2.75, 3.05) is 6.61 Å². The quantitative estimate of drug-likeness (QED) is 0.656. The third-order valence-corrected chi connectivity index (χ3v) is 2.26. The molecule has 1 aliphatic heterocycles. The van der Waals surface area contributed by atoms with Crippen molar-refractivity contribution in [2.24, 2.45) is 0 Å². The SMILES string of the molecule is N#C[C@@H](C[C@H]1CO1)c1ccccc1. The van der Waals surface area contributed by atoms with Gasteiger partial charge in [0.15, 0.2) is 0 Å².